The van der Waals surface area contributed by atoms with Crippen molar-refractivity contribution in [2.45, 2.75) is 70.3 Å². The number of pyridine rings is 1. The minimum atomic E-state index is -0.133. The zero-order valence-corrected chi connectivity index (χ0v) is 21.4. The topological polar surface area (TPSA) is 57.7 Å². The van der Waals surface area contributed by atoms with Crippen molar-refractivity contribution in [2.75, 3.05) is 13.7 Å². The molecular formula is C29H34ClNO4. The highest BCUT2D eigenvalue weighted by Crippen LogP contribution is 2.44. The number of rotatable bonds is 9. The van der Waals surface area contributed by atoms with E-state index in [0.29, 0.717) is 42.1 Å². The first-order chi connectivity index (χ1) is 17.1. The molecule has 1 heterocycles. The third-order valence-electron chi connectivity index (χ3n) is 7.43. The number of carbonyl (C=O) groups is 1. The van der Waals surface area contributed by atoms with Crippen LogP contribution >= 0.6 is 11.6 Å². The van der Waals surface area contributed by atoms with Crippen LogP contribution in [-0.2, 0) is 9.53 Å². The Bertz CT molecular complexity index is 1100. The Morgan fingerprint density at radius 3 is 2.54 bits per heavy atom. The molecule has 0 saturated heterocycles. The largest absolute Gasteiger partial charge is 0.489 e. The van der Waals surface area contributed by atoms with E-state index in [1.807, 2.05) is 19.1 Å². The van der Waals surface area contributed by atoms with E-state index in [9.17, 15) is 4.79 Å². The van der Waals surface area contributed by atoms with Gasteiger partial charge in [-0.2, -0.15) is 0 Å². The van der Waals surface area contributed by atoms with Crippen LogP contribution in [0.3, 0.4) is 0 Å². The van der Waals surface area contributed by atoms with Crippen molar-refractivity contribution in [3.63, 3.8) is 0 Å². The second kappa shape index (κ2) is 10.6. The molecule has 0 amide bonds. The molecule has 0 atom stereocenters. The highest BCUT2D eigenvalue weighted by Gasteiger charge is 2.37. The van der Waals surface area contributed by atoms with Crippen molar-refractivity contribution >= 4 is 23.1 Å². The van der Waals surface area contributed by atoms with Crippen molar-refractivity contribution in [3.8, 4) is 11.6 Å². The number of esters is 1. The quantitative estimate of drug-likeness (QED) is 0.352. The minimum Gasteiger partial charge on any atom is -0.489 e. The maximum Gasteiger partial charge on any atom is 0.309 e. The van der Waals surface area contributed by atoms with E-state index in [1.165, 1.54) is 44.1 Å². The van der Waals surface area contributed by atoms with Crippen molar-refractivity contribution in [3.05, 3.63) is 58.3 Å². The van der Waals surface area contributed by atoms with Crippen molar-refractivity contribution in [2.24, 2.45) is 11.8 Å². The zero-order chi connectivity index (χ0) is 24.4. The van der Waals surface area contributed by atoms with E-state index < -0.39 is 0 Å². The highest BCUT2D eigenvalue weighted by molar-refractivity contribution is 6.32. The Labute approximate surface area is 212 Å². The van der Waals surface area contributed by atoms with Crippen LogP contribution in [0.5, 0.6) is 11.6 Å². The van der Waals surface area contributed by atoms with Crippen LogP contribution in [0.4, 0.5) is 0 Å². The monoisotopic (exact) mass is 495 g/mol. The molecule has 6 heteroatoms. The molecule has 5 rings (SSSR count). The van der Waals surface area contributed by atoms with Gasteiger partial charge in [0.1, 0.15) is 11.9 Å². The van der Waals surface area contributed by atoms with Crippen LogP contribution in [0.1, 0.15) is 81.0 Å². The van der Waals surface area contributed by atoms with E-state index in [0.717, 1.165) is 22.7 Å². The van der Waals surface area contributed by atoms with Crippen molar-refractivity contribution < 1.29 is 19.0 Å². The van der Waals surface area contributed by atoms with Gasteiger partial charge in [-0.15, -0.1) is 0 Å². The third-order valence-corrected chi connectivity index (χ3v) is 7.73. The van der Waals surface area contributed by atoms with Crippen LogP contribution < -0.4 is 9.47 Å². The molecule has 3 aliphatic rings. The SMILES string of the molecule is CCOC(=O)C1CC(Oc2ccc(/C(=C\C3CCCC3)c3ccc(C4CC4)c(OC)n3)cc2Cl)C1. The normalized spacial score (nSPS) is 22.5. The highest BCUT2D eigenvalue weighted by atomic mass is 35.5. The molecule has 1 aromatic carbocycles. The number of aromatic nitrogens is 1. The van der Waals surface area contributed by atoms with E-state index >= 15 is 0 Å². The first-order valence-corrected chi connectivity index (χ1v) is 13.3. The summed E-state index contributed by atoms with van der Waals surface area (Å²) < 4.78 is 16.9. The summed E-state index contributed by atoms with van der Waals surface area (Å²) >= 11 is 6.70. The van der Waals surface area contributed by atoms with Crippen LogP contribution in [0.25, 0.3) is 5.57 Å². The summed E-state index contributed by atoms with van der Waals surface area (Å²) in [6, 6.07) is 10.3. The van der Waals surface area contributed by atoms with Gasteiger partial charge in [0.05, 0.1) is 30.4 Å². The van der Waals surface area contributed by atoms with Gasteiger partial charge in [0.15, 0.2) is 0 Å². The number of methoxy groups -OCH3 is 1. The number of hydrogen-bond donors (Lipinski definition) is 0. The lowest BCUT2D eigenvalue weighted by atomic mass is 9.82. The summed E-state index contributed by atoms with van der Waals surface area (Å²) in [5.74, 6) is 2.30. The average molecular weight is 496 g/mol. The predicted octanol–water partition coefficient (Wildman–Crippen LogP) is 6.96. The Balaban J connectivity index is 1.37. The van der Waals surface area contributed by atoms with Gasteiger partial charge in [0.25, 0.3) is 0 Å². The molecule has 5 nitrogen and oxygen atoms in total. The van der Waals surface area contributed by atoms with E-state index in [4.69, 9.17) is 30.8 Å². The number of ether oxygens (including phenoxy) is 3. The van der Waals surface area contributed by atoms with Crippen LogP contribution in [0.15, 0.2) is 36.4 Å². The second-order valence-electron chi connectivity index (χ2n) is 10.00. The van der Waals surface area contributed by atoms with E-state index in [2.05, 4.69) is 24.3 Å². The summed E-state index contributed by atoms with van der Waals surface area (Å²) in [5.41, 5.74) is 4.25. The van der Waals surface area contributed by atoms with Crippen molar-refractivity contribution in [1.82, 2.24) is 4.98 Å². The maximum absolute atomic E-state index is 11.9. The second-order valence-corrected chi connectivity index (χ2v) is 10.4. The molecule has 0 radical (unpaired) electrons. The average Bonchev–Trinajstić information content (AvgIpc) is 3.55. The number of halogens is 1. The van der Waals surface area contributed by atoms with Gasteiger partial charge < -0.3 is 14.2 Å². The molecule has 0 bridgehead atoms. The molecule has 0 spiro atoms. The minimum absolute atomic E-state index is 0.0119. The molecule has 0 aliphatic heterocycles. The molecule has 3 saturated carbocycles. The Hall–Kier alpha value is -2.53. The zero-order valence-electron chi connectivity index (χ0n) is 20.6. The fourth-order valence-corrected chi connectivity index (χ4v) is 5.44. The standard InChI is InChI=1S/C29H34ClNO4/c1-3-34-29(32)21-15-22(16-21)35-27-13-10-20(17-25(27)30)24(14-18-6-4-5-7-18)26-12-11-23(19-8-9-19)28(31-26)33-2/h10-14,17-19,21-22H,3-9,15-16H2,1-2H3/b24-14+. The summed E-state index contributed by atoms with van der Waals surface area (Å²) in [5, 5.41) is 0.570. The molecule has 0 unspecified atom stereocenters. The maximum atomic E-state index is 11.9. The van der Waals surface area contributed by atoms with Crippen LogP contribution in [-0.4, -0.2) is 30.8 Å². The lowest BCUT2D eigenvalue weighted by Gasteiger charge is -2.33. The van der Waals surface area contributed by atoms with E-state index in [-0.39, 0.29) is 18.0 Å². The Morgan fingerprint density at radius 2 is 1.89 bits per heavy atom. The molecule has 1 aromatic heterocycles. The number of benzene rings is 1. The fraction of sp³-hybridized carbons (Fsp3) is 0.517. The summed E-state index contributed by atoms with van der Waals surface area (Å²) in [6.07, 6.45) is 11.1. The van der Waals surface area contributed by atoms with Gasteiger partial charge in [-0.25, -0.2) is 4.98 Å². The first kappa shape index (κ1) is 24.2. The van der Waals surface area contributed by atoms with Crippen molar-refractivity contribution in [1.29, 1.82) is 0 Å². The van der Waals surface area contributed by atoms with Crippen LogP contribution in [0, 0.1) is 11.8 Å². The van der Waals surface area contributed by atoms with Gasteiger partial charge in [-0.1, -0.05) is 42.7 Å². The third kappa shape index (κ3) is 5.50. The van der Waals surface area contributed by atoms with Crippen LogP contribution in [0.2, 0.25) is 5.02 Å². The molecule has 186 valence electrons. The molecular weight excluding hydrogens is 462 g/mol. The molecule has 35 heavy (non-hydrogen) atoms. The lowest BCUT2D eigenvalue weighted by molar-refractivity contribution is -0.154. The summed E-state index contributed by atoms with van der Waals surface area (Å²) in [6.45, 7) is 2.24. The Kier molecular flexibility index (Phi) is 7.33. The first-order valence-electron chi connectivity index (χ1n) is 13.0. The molecule has 3 aliphatic carbocycles. The molecule has 3 fully saturated rings. The number of allylic oxidation sites excluding steroid dienone is 1. The lowest BCUT2D eigenvalue weighted by Crippen LogP contribution is -2.39. The van der Waals surface area contributed by atoms with E-state index in [1.54, 1.807) is 7.11 Å². The van der Waals surface area contributed by atoms with Gasteiger partial charge in [-0.3, -0.25) is 4.79 Å². The number of carbonyl (C=O) groups excluding carboxylic acids is 1. The number of hydrogen-bond acceptors (Lipinski definition) is 5. The van der Waals surface area contributed by atoms with Gasteiger partial charge in [0, 0.05) is 11.1 Å². The molecule has 0 N–H and O–H groups in total. The Morgan fingerprint density at radius 1 is 1.11 bits per heavy atom. The molecule has 2 aromatic rings. The van der Waals surface area contributed by atoms with Gasteiger partial charge >= 0.3 is 5.97 Å². The predicted molar refractivity (Wildman–Crippen MR) is 137 cm³/mol. The van der Waals surface area contributed by atoms with Gasteiger partial charge in [0.2, 0.25) is 5.88 Å². The summed E-state index contributed by atoms with van der Waals surface area (Å²) in [7, 11) is 1.70. The fourth-order valence-electron chi connectivity index (χ4n) is 5.22. The number of nitrogens with zero attached hydrogens (tertiary/aromatic N) is 1. The summed E-state index contributed by atoms with van der Waals surface area (Å²) in [4.78, 5) is 16.8. The van der Waals surface area contributed by atoms with Gasteiger partial charge in [-0.05, 0) is 81.0 Å². The smallest absolute Gasteiger partial charge is 0.309 e.